The van der Waals surface area contributed by atoms with E-state index in [0.717, 1.165) is 29.8 Å². The van der Waals surface area contributed by atoms with Crippen molar-refractivity contribution in [3.63, 3.8) is 0 Å². The molecule has 0 bridgehead atoms. The molecule has 162 valence electrons. The molecular weight excluding hydrogens is 441 g/mol. The van der Waals surface area contributed by atoms with Gasteiger partial charge in [-0.15, -0.1) is 0 Å². The first kappa shape index (κ1) is 22.4. The van der Waals surface area contributed by atoms with Crippen molar-refractivity contribution in [1.29, 1.82) is 5.26 Å². The van der Waals surface area contributed by atoms with Crippen molar-refractivity contribution in [1.82, 2.24) is 4.90 Å². The molecule has 1 heterocycles. The summed E-state index contributed by atoms with van der Waals surface area (Å²) in [5.74, 6) is -0.0526. The highest BCUT2D eigenvalue weighted by atomic mass is 35.5. The first-order valence-electron chi connectivity index (χ1n) is 10.5. The average molecular weight is 464 g/mol. The third-order valence-electron chi connectivity index (χ3n) is 6.16. The van der Waals surface area contributed by atoms with Gasteiger partial charge in [-0.1, -0.05) is 59.6 Å². The van der Waals surface area contributed by atoms with Crippen molar-refractivity contribution in [3.8, 4) is 17.2 Å². The van der Waals surface area contributed by atoms with Crippen LogP contribution in [0.5, 0.6) is 0 Å². The zero-order valence-electron chi connectivity index (χ0n) is 17.7. The molecule has 6 heteroatoms. The monoisotopic (exact) mass is 463 g/mol. The molecule has 0 saturated carbocycles. The highest BCUT2D eigenvalue weighted by Gasteiger charge is 2.42. The Morgan fingerprint density at radius 1 is 0.969 bits per heavy atom. The third-order valence-corrected chi connectivity index (χ3v) is 6.59. The highest BCUT2D eigenvalue weighted by Crippen LogP contribution is 2.38. The number of hydrogen-bond acceptors (Lipinski definition) is 3. The van der Waals surface area contributed by atoms with Gasteiger partial charge < -0.3 is 10.2 Å². The lowest BCUT2D eigenvalue weighted by molar-refractivity contribution is -0.123. The number of hydrogen-bond donors (Lipinski definition) is 1. The summed E-state index contributed by atoms with van der Waals surface area (Å²) in [6.45, 7) is 1.66. The van der Waals surface area contributed by atoms with Crippen molar-refractivity contribution in [2.24, 2.45) is 0 Å². The van der Waals surface area contributed by atoms with Gasteiger partial charge in [0.05, 0.1) is 17.0 Å². The summed E-state index contributed by atoms with van der Waals surface area (Å²) < 4.78 is 0. The Kier molecular flexibility index (Phi) is 6.53. The van der Waals surface area contributed by atoms with E-state index in [1.165, 1.54) is 0 Å². The standard InChI is InChI=1S/C26H23Cl2N3O/c1-31-11-9-26(10-12-31,25(32)30-24-15-22(27)14-23(28)16-24)21-7-5-19(6-8-21)20-4-2-3-18(13-20)17-29/h2-8,13-16H,9-12H2,1H3,(H,30,32). The minimum Gasteiger partial charge on any atom is -0.325 e. The molecule has 3 aromatic rings. The molecule has 32 heavy (non-hydrogen) atoms. The van der Waals surface area contributed by atoms with Crippen LogP contribution in [0.15, 0.2) is 66.7 Å². The van der Waals surface area contributed by atoms with Crippen molar-refractivity contribution < 1.29 is 4.79 Å². The number of benzene rings is 3. The maximum absolute atomic E-state index is 13.6. The number of rotatable bonds is 4. The molecule has 1 fully saturated rings. The summed E-state index contributed by atoms with van der Waals surface area (Å²) >= 11 is 12.2. The fraction of sp³-hybridized carbons (Fsp3) is 0.231. The second-order valence-electron chi connectivity index (χ2n) is 8.27. The lowest BCUT2D eigenvalue weighted by Crippen LogP contribution is -2.48. The molecule has 1 amide bonds. The predicted octanol–water partition coefficient (Wildman–Crippen LogP) is 6.13. The quantitative estimate of drug-likeness (QED) is 0.505. The molecule has 3 aromatic carbocycles. The van der Waals surface area contributed by atoms with Crippen LogP contribution < -0.4 is 5.32 Å². The molecule has 0 radical (unpaired) electrons. The van der Waals surface area contributed by atoms with Crippen molar-refractivity contribution in [2.75, 3.05) is 25.5 Å². The van der Waals surface area contributed by atoms with E-state index >= 15 is 0 Å². The third kappa shape index (κ3) is 4.66. The van der Waals surface area contributed by atoms with E-state index in [9.17, 15) is 10.1 Å². The van der Waals surface area contributed by atoms with Gasteiger partial charge in [0.2, 0.25) is 5.91 Å². The van der Waals surface area contributed by atoms with Gasteiger partial charge in [-0.2, -0.15) is 5.26 Å². The lowest BCUT2D eigenvalue weighted by atomic mass is 9.71. The van der Waals surface area contributed by atoms with Crippen LogP contribution >= 0.6 is 23.2 Å². The Balaban J connectivity index is 1.66. The molecule has 4 nitrogen and oxygen atoms in total. The van der Waals surface area contributed by atoms with Crippen LogP contribution in [-0.4, -0.2) is 30.9 Å². The van der Waals surface area contributed by atoms with E-state index in [1.807, 2.05) is 42.5 Å². The molecule has 1 saturated heterocycles. The van der Waals surface area contributed by atoms with Crippen molar-refractivity contribution >= 4 is 34.8 Å². The van der Waals surface area contributed by atoms with Gasteiger partial charge >= 0.3 is 0 Å². The molecule has 4 rings (SSSR count). The van der Waals surface area contributed by atoms with Gasteiger partial charge in [-0.25, -0.2) is 0 Å². The van der Waals surface area contributed by atoms with Crippen LogP contribution in [0.2, 0.25) is 10.0 Å². The minimum atomic E-state index is -0.645. The Hall–Kier alpha value is -2.84. The number of piperidine rings is 1. The number of anilines is 1. The fourth-order valence-electron chi connectivity index (χ4n) is 4.27. The van der Waals surface area contributed by atoms with Gasteiger partial charge in [-0.3, -0.25) is 4.79 Å². The lowest BCUT2D eigenvalue weighted by Gasteiger charge is -2.40. The van der Waals surface area contributed by atoms with Crippen LogP contribution in [-0.2, 0) is 10.2 Å². The number of carbonyl (C=O) groups excluding carboxylic acids is 1. The van der Waals surface area contributed by atoms with Crippen LogP contribution in [0.25, 0.3) is 11.1 Å². The van der Waals surface area contributed by atoms with Crippen molar-refractivity contribution in [2.45, 2.75) is 18.3 Å². The second-order valence-corrected chi connectivity index (χ2v) is 9.14. The Morgan fingerprint density at radius 2 is 1.62 bits per heavy atom. The highest BCUT2D eigenvalue weighted by molar-refractivity contribution is 6.35. The number of nitrogens with one attached hydrogen (secondary N) is 1. The topological polar surface area (TPSA) is 56.1 Å². The van der Waals surface area contributed by atoms with Crippen LogP contribution in [0.1, 0.15) is 24.0 Å². The summed E-state index contributed by atoms with van der Waals surface area (Å²) in [6, 6.07) is 22.9. The first-order valence-corrected chi connectivity index (χ1v) is 11.2. The van der Waals surface area contributed by atoms with Gasteiger partial charge in [0.1, 0.15) is 0 Å². The molecule has 0 spiro atoms. The normalized spacial score (nSPS) is 15.7. The summed E-state index contributed by atoms with van der Waals surface area (Å²) in [7, 11) is 2.07. The van der Waals surface area contributed by atoms with E-state index in [1.54, 1.807) is 24.3 Å². The summed E-state index contributed by atoms with van der Waals surface area (Å²) in [5.41, 5.74) is 3.54. The number of amides is 1. The van der Waals surface area contributed by atoms with Crippen molar-refractivity contribution in [3.05, 3.63) is 87.9 Å². The first-order chi connectivity index (χ1) is 15.4. The Labute approximate surface area is 198 Å². The molecule has 1 N–H and O–H groups in total. The van der Waals surface area contributed by atoms with E-state index in [2.05, 4.69) is 23.3 Å². The Morgan fingerprint density at radius 3 is 2.25 bits per heavy atom. The van der Waals surface area contributed by atoms with Gasteiger partial charge in [0, 0.05) is 15.7 Å². The number of nitriles is 1. The van der Waals surface area contributed by atoms with Gasteiger partial charge in [0.25, 0.3) is 0 Å². The zero-order chi connectivity index (χ0) is 22.7. The molecule has 1 aliphatic heterocycles. The minimum absolute atomic E-state index is 0.0526. The second kappa shape index (κ2) is 9.34. The molecule has 1 aliphatic rings. The van der Waals surface area contributed by atoms with Gasteiger partial charge in [0.15, 0.2) is 0 Å². The predicted molar refractivity (Wildman–Crippen MR) is 130 cm³/mol. The molecule has 0 aliphatic carbocycles. The molecule has 0 aromatic heterocycles. The zero-order valence-corrected chi connectivity index (χ0v) is 19.2. The SMILES string of the molecule is CN1CCC(C(=O)Nc2cc(Cl)cc(Cl)c2)(c2ccc(-c3cccc(C#N)c3)cc2)CC1. The average Bonchev–Trinajstić information content (AvgIpc) is 2.79. The van der Waals surface area contributed by atoms with Crippen LogP contribution in [0.4, 0.5) is 5.69 Å². The summed E-state index contributed by atoms with van der Waals surface area (Å²) in [6.07, 6.45) is 1.43. The molecular formula is C26H23Cl2N3O. The molecule has 0 atom stereocenters. The maximum Gasteiger partial charge on any atom is 0.235 e. The van der Waals surface area contributed by atoms with Crippen LogP contribution in [0.3, 0.4) is 0 Å². The van der Waals surface area contributed by atoms with E-state index in [4.69, 9.17) is 23.2 Å². The van der Waals surface area contributed by atoms with Crippen LogP contribution in [0, 0.1) is 11.3 Å². The number of likely N-dealkylation sites (tertiary alicyclic amines) is 1. The fourth-order valence-corrected chi connectivity index (χ4v) is 4.80. The largest absolute Gasteiger partial charge is 0.325 e. The maximum atomic E-state index is 13.6. The smallest absolute Gasteiger partial charge is 0.235 e. The van der Waals surface area contributed by atoms with E-state index < -0.39 is 5.41 Å². The van der Waals surface area contributed by atoms with E-state index in [0.29, 0.717) is 34.1 Å². The summed E-state index contributed by atoms with van der Waals surface area (Å²) in [5, 5.41) is 13.2. The molecule has 0 unspecified atom stereocenters. The summed E-state index contributed by atoms with van der Waals surface area (Å²) in [4.78, 5) is 15.8. The van der Waals surface area contributed by atoms with E-state index in [-0.39, 0.29) is 5.91 Å². The van der Waals surface area contributed by atoms with Gasteiger partial charge in [-0.05, 0) is 80.0 Å². The number of nitrogens with zero attached hydrogens (tertiary/aromatic N) is 2. The Bertz CT molecular complexity index is 1160. The number of carbonyl (C=O) groups is 1. The number of halogens is 2.